The summed E-state index contributed by atoms with van der Waals surface area (Å²) in [5, 5.41) is 0. The van der Waals surface area contributed by atoms with Gasteiger partial charge in [0.1, 0.15) is 0 Å². The molecule has 6 heteroatoms. The molecule has 0 spiro atoms. The first-order valence-corrected chi connectivity index (χ1v) is 6.09. The maximum absolute atomic E-state index is 12.0. The molecule has 0 atom stereocenters. The van der Waals surface area contributed by atoms with Gasteiger partial charge >= 0.3 is 5.97 Å². The second kappa shape index (κ2) is 6.49. The molecule has 0 radical (unpaired) electrons. The van der Waals surface area contributed by atoms with Gasteiger partial charge in [0, 0.05) is 19.0 Å². The summed E-state index contributed by atoms with van der Waals surface area (Å²) in [7, 11) is 1.31. The molecule has 6 nitrogen and oxygen atoms in total. The third-order valence-electron chi connectivity index (χ3n) is 3.00. The fourth-order valence-electron chi connectivity index (χ4n) is 1.82. The standard InChI is InChI=1S/C12H20N2O4/c1-9(2)13(8-12(17)18-3)7-11(16)14-6-4-5-10(14)15/h9H,4-8H2,1-3H3. The number of likely N-dealkylation sites (tertiary alicyclic amines) is 1. The number of amides is 2. The molecule has 0 N–H and O–H groups in total. The smallest absolute Gasteiger partial charge is 0.319 e. The Labute approximate surface area is 107 Å². The van der Waals surface area contributed by atoms with E-state index in [1.165, 1.54) is 12.0 Å². The highest BCUT2D eigenvalue weighted by atomic mass is 16.5. The summed E-state index contributed by atoms with van der Waals surface area (Å²) >= 11 is 0. The van der Waals surface area contributed by atoms with Gasteiger partial charge in [0.05, 0.1) is 20.2 Å². The van der Waals surface area contributed by atoms with E-state index in [2.05, 4.69) is 4.74 Å². The fraction of sp³-hybridized carbons (Fsp3) is 0.750. The SMILES string of the molecule is COC(=O)CN(CC(=O)N1CCCC1=O)C(C)C. The van der Waals surface area contributed by atoms with E-state index in [0.717, 1.165) is 6.42 Å². The highest BCUT2D eigenvalue weighted by Crippen LogP contribution is 2.11. The van der Waals surface area contributed by atoms with E-state index in [-0.39, 0.29) is 36.9 Å². The van der Waals surface area contributed by atoms with Gasteiger partial charge in [-0.15, -0.1) is 0 Å². The van der Waals surface area contributed by atoms with Crippen molar-refractivity contribution in [2.24, 2.45) is 0 Å². The average molecular weight is 256 g/mol. The van der Waals surface area contributed by atoms with Crippen molar-refractivity contribution in [2.45, 2.75) is 32.7 Å². The Morgan fingerprint density at radius 1 is 1.39 bits per heavy atom. The number of hydrogen-bond donors (Lipinski definition) is 0. The maximum atomic E-state index is 12.0. The molecule has 0 aromatic heterocycles. The Morgan fingerprint density at radius 3 is 2.50 bits per heavy atom. The van der Waals surface area contributed by atoms with Crippen molar-refractivity contribution in [3.05, 3.63) is 0 Å². The van der Waals surface area contributed by atoms with E-state index < -0.39 is 0 Å². The fourth-order valence-corrected chi connectivity index (χ4v) is 1.82. The first kappa shape index (κ1) is 14.6. The quantitative estimate of drug-likeness (QED) is 0.649. The minimum absolute atomic E-state index is 0.0331. The van der Waals surface area contributed by atoms with Crippen molar-refractivity contribution in [1.82, 2.24) is 9.80 Å². The van der Waals surface area contributed by atoms with Crippen LogP contribution in [0.5, 0.6) is 0 Å². The summed E-state index contributed by atoms with van der Waals surface area (Å²) in [5.74, 6) is -0.749. The van der Waals surface area contributed by atoms with Crippen molar-refractivity contribution in [2.75, 3.05) is 26.7 Å². The first-order chi connectivity index (χ1) is 8.45. The molecule has 18 heavy (non-hydrogen) atoms. The number of rotatable bonds is 5. The van der Waals surface area contributed by atoms with Gasteiger partial charge in [-0.25, -0.2) is 0 Å². The lowest BCUT2D eigenvalue weighted by Gasteiger charge is -2.26. The lowest BCUT2D eigenvalue weighted by atomic mass is 10.3. The second-order valence-electron chi connectivity index (χ2n) is 4.62. The van der Waals surface area contributed by atoms with Gasteiger partial charge in [-0.3, -0.25) is 24.2 Å². The zero-order valence-corrected chi connectivity index (χ0v) is 11.1. The number of imide groups is 1. The van der Waals surface area contributed by atoms with Crippen LogP contribution in [0, 0.1) is 0 Å². The Morgan fingerprint density at radius 2 is 2.06 bits per heavy atom. The summed E-state index contributed by atoms with van der Waals surface area (Å²) in [4.78, 5) is 37.6. The Bertz CT molecular complexity index is 341. The lowest BCUT2D eigenvalue weighted by Crippen LogP contribution is -2.45. The van der Waals surface area contributed by atoms with Gasteiger partial charge in [-0.2, -0.15) is 0 Å². The molecule has 1 heterocycles. The summed E-state index contributed by atoms with van der Waals surface area (Å²) in [6.45, 7) is 4.40. The normalized spacial score (nSPS) is 15.6. The largest absolute Gasteiger partial charge is 0.468 e. The number of ether oxygens (including phenoxy) is 1. The average Bonchev–Trinajstić information content (AvgIpc) is 2.74. The lowest BCUT2D eigenvalue weighted by molar-refractivity contribution is -0.145. The molecule has 1 saturated heterocycles. The zero-order chi connectivity index (χ0) is 13.7. The van der Waals surface area contributed by atoms with Gasteiger partial charge in [0.2, 0.25) is 11.8 Å². The number of hydrogen-bond acceptors (Lipinski definition) is 5. The predicted octanol–water partition coefficient (Wildman–Crippen LogP) is 0.0188. The molecule has 1 rings (SSSR count). The molecular weight excluding hydrogens is 236 g/mol. The molecule has 0 aromatic rings. The van der Waals surface area contributed by atoms with Gasteiger partial charge in [0.15, 0.2) is 0 Å². The van der Waals surface area contributed by atoms with Gasteiger partial charge < -0.3 is 4.74 Å². The van der Waals surface area contributed by atoms with Crippen LogP contribution in [-0.2, 0) is 19.1 Å². The van der Waals surface area contributed by atoms with Crippen molar-refractivity contribution in [3.63, 3.8) is 0 Å². The molecule has 0 saturated carbocycles. The number of esters is 1. The van der Waals surface area contributed by atoms with Gasteiger partial charge in [0.25, 0.3) is 0 Å². The maximum Gasteiger partial charge on any atom is 0.319 e. The molecule has 2 amide bonds. The predicted molar refractivity (Wildman–Crippen MR) is 64.7 cm³/mol. The highest BCUT2D eigenvalue weighted by Gasteiger charge is 2.28. The summed E-state index contributed by atoms with van der Waals surface area (Å²) in [6.07, 6.45) is 1.16. The second-order valence-corrected chi connectivity index (χ2v) is 4.62. The van der Waals surface area contributed by atoms with Crippen molar-refractivity contribution in [3.8, 4) is 0 Å². The van der Waals surface area contributed by atoms with E-state index >= 15 is 0 Å². The molecule has 102 valence electrons. The molecule has 1 fully saturated rings. The van der Waals surface area contributed by atoms with Gasteiger partial charge in [-0.1, -0.05) is 0 Å². The third kappa shape index (κ3) is 3.80. The molecule has 0 bridgehead atoms. The molecular formula is C12H20N2O4. The minimum atomic E-state index is -0.385. The van der Waals surface area contributed by atoms with Crippen molar-refractivity contribution < 1.29 is 19.1 Å². The van der Waals surface area contributed by atoms with E-state index in [1.54, 1.807) is 4.90 Å². The Kier molecular flexibility index (Phi) is 5.27. The highest BCUT2D eigenvalue weighted by molar-refractivity contribution is 5.97. The molecule has 0 unspecified atom stereocenters. The topological polar surface area (TPSA) is 66.9 Å². The Hall–Kier alpha value is -1.43. The number of carbonyl (C=O) groups is 3. The summed E-state index contributed by atoms with van der Waals surface area (Å²) in [5.41, 5.74) is 0. The third-order valence-corrected chi connectivity index (χ3v) is 3.00. The molecule has 0 aliphatic carbocycles. The van der Waals surface area contributed by atoms with Crippen LogP contribution in [-0.4, -0.2) is 60.4 Å². The number of nitrogens with zero attached hydrogens (tertiary/aromatic N) is 2. The van der Waals surface area contributed by atoms with Crippen LogP contribution in [0.25, 0.3) is 0 Å². The van der Waals surface area contributed by atoms with Crippen LogP contribution < -0.4 is 0 Å². The molecule has 1 aliphatic heterocycles. The van der Waals surface area contributed by atoms with Crippen LogP contribution in [0.3, 0.4) is 0 Å². The molecule has 1 aliphatic rings. The number of carbonyl (C=O) groups excluding carboxylic acids is 3. The van der Waals surface area contributed by atoms with Crippen LogP contribution in [0.1, 0.15) is 26.7 Å². The Balaban J connectivity index is 2.57. The van der Waals surface area contributed by atoms with Crippen LogP contribution in [0.15, 0.2) is 0 Å². The first-order valence-electron chi connectivity index (χ1n) is 6.09. The van der Waals surface area contributed by atoms with Gasteiger partial charge in [-0.05, 0) is 20.3 Å². The summed E-state index contributed by atoms with van der Waals surface area (Å²) < 4.78 is 4.59. The minimum Gasteiger partial charge on any atom is -0.468 e. The summed E-state index contributed by atoms with van der Waals surface area (Å²) in [6, 6.07) is 0.0331. The molecule has 0 aromatic carbocycles. The van der Waals surface area contributed by atoms with Crippen molar-refractivity contribution in [1.29, 1.82) is 0 Å². The van der Waals surface area contributed by atoms with E-state index in [4.69, 9.17) is 0 Å². The zero-order valence-electron chi connectivity index (χ0n) is 11.1. The van der Waals surface area contributed by atoms with Crippen LogP contribution >= 0.6 is 0 Å². The monoisotopic (exact) mass is 256 g/mol. The van der Waals surface area contributed by atoms with E-state index in [1.807, 2.05) is 13.8 Å². The van der Waals surface area contributed by atoms with Crippen LogP contribution in [0.4, 0.5) is 0 Å². The van der Waals surface area contributed by atoms with E-state index in [0.29, 0.717) is 13.0 Å². The van der Waals surface area contributed by atoms with Crippen molar-refractivity contribution >= 4 is 17.8 Å². The number of methoxy groups -OCH3 is 1. The van der Waals surface area contributed by atoms with E-state index in [9.17, 15) is 14.4 Å². The van der Waals surface area contributed by atoms with Crippen LogP contribution in [0.2, 0.25) is 0 Å².